The average molecular weight is 484 g/mol. The Labute approximate surface area is 189 Å². The highest BCUT2D eigenvalue weighted by Crippen LogP contribution is 2.35. The van der Waals surface area contributed by atoms with Gasteiger partial charge in [-0.3, -0.25) is 4.79 Å². The predicted octanol–water partition coefficient (Wildman–Crippen LogP) is 3.51. The van der Waals surface area contributed by atoms with E-state index in [-0.39, 0.29) is 17.0 Å². The second-order valence-corrected chi connectivity index (χ2v) is 9.82. The molecule has 2 heterocycles. The molecule has 0 spiro atoms. The smallest absolute Gasteiger partial charge is 0.416 e. The van der Waals surface area contributed by atoms with Gasteiger partial charge in [0.15, 0.2) is 11.5 Å². The molecule has 0 bridgehead atoms. The molecule has 1 saturated heterocycles. The van der Waals surface area contributed by atoms with E-state index in [1.54, 1.807) is 6.92 Å². The van der Waals surface area contributed by atoms with Gasteiger partial charge in [0.25, 0.3) is 0 Å². The summed E-state index contributed by atoms with van der Waals surface area (Å²) in [6, 6.07) is 7.29. The Morgan fingerprint density at radius 3 is 2.58 bits per heavy atom. The number of fused-ring (bicyclic) bond motifs is 1. The third kappa shape index (κ3) is 4.79. The summed E-state index contributed by atoms with van der Waals surface area (Å²) in [5, 5.41) is 2.66. The van der Waals surface area contributed by atoms with Crippen LogP contribution in [-0.2, 0) is 21.0 Å². The summed E-state index contributed by atoms with van der Waals surface area (Å²) >= 11 is 0. The highest BCUT2D eigenvalue weighted by atomic mass is 32.2. The lowest BCUT2D eigenvalue weighted by Gasteiger charge is -2.26. The maximum Gasteiger partial charge on any atom is 0.416 e. The molecular formula is C22H23F3N2O5S. The summed E-state index contributed by atoms with van der Waals surface area (Å²) in [5.41, 5.74) is -0.540. The third-order valence-corrected chi connectivity index (χ3v) is 7.60. The average Bonchev–Trinajstić information content (AvgIpc) is 3.29. The number of carbonyl (C=O) groups is 1. The minimum atomic E-state index is -4.50. The van der Waals surface area contributed by atoms with Crippen molar-refractivity contribution in [1.29, 1.82) is 0 Å². The van der Waals surface area contributed by atoms with E-state index >= 15 is 0 Å². The van der Waals surface area contributed by atoms with Crippen LogP contribution in [0.5, 0.6) is 11.5 Å². The number of nitrogens with one attached hydrogen (secondary N) is 1. The van der Waals surface area contributed by atoms with Crippen LogP contribution in [0.15, 0.2) is 47.4 Å². The Balaban J connectivity index is 1.51. The topological polar surface area (TPSA) is 84.9 Å². The summed E-state index contributed by atoms with van der Waals surface area (Å²) in [5.74, 6) is 0.213. The molecule has 0 radical (unpaired) electrons. The first-order valence-electron chi connectivity index (χ1n) is 10.5. The van der Waals surface area contributed by atoms with Gasteiger partial charge in [-0.05, 0) is 49.6 Å². The second-order valence-electron chi connectivity index (χ2n) is 7.93. The number of benzene rings is 2. The molecule has 7 nitrogen and oxygen atoms in total. The van der Waals surface area contributed by atoms with Gasteiger partial charge in [0.05, 0.1) is 16.5 Å². The molecule has 4 rings (SSSR count). The lowest BCUT2D eigenvalue weighted by Crippen LogP contribution is -2.46. The van der Waals surface area contributed by atoms with Crippen LogP contribution in [0.25, 0.3) is 0 Å². The highest BCUT2D eigenvalue weighted by molar-refractivity contribution is 7.89. The van der Waals surface area contributed by atoms with Gasteiger partial charge < -0.3 is 14.8 Å². The molecule has 2 aromatic carbocycles. The van der Waals surface area contributed by atoms with Crippen molar-refractivity contribution in [2.45, 2.75) is 42.9 Å². The van der Waals surface area contributed by atoms with Crippen molar-refractivity contribution in [3.05, 3.63) is 53.6 Å². The molecule has 2 aliphatic rings. The highest BCUT2D eigenvalue weighted by Gasteiger charge is 2.40. The molecule has 33 heavy (non-hydrogen) atoms. The van der Waals surface area contributed by atoms with Crippen molar-refractivity contribution >= 4 is 15.9 Å². The summed E-state index contributed by atoms with van der Waals surface area (Å²) in [6.45, 7) is 2.39. The zero-order valence-corrected chi connectivity index (χ0v) is 18.6. The zero-order valence-electron chi connectivity index (χ0n) is 17.8. The molecule has 2 atom stereocenters. The Bertz CT molecular complexity index is 1150. The van der Waals surface area contributed by atoms with E-state index in [1.807, 2.05) is 0 Å². The SMILES string of the molecule is CC(NC(=O)C1CCCN1S(=O)(=O)c1ccc2c(c1)OCCO2)c1cccc(C(F)(F)F)c1. The first-order valence-corrected chi connectivity index (χ1v) is 11.9. The molecule has 2 aromatic rings. The largest absolute Gasteiger partial charge is 0.486 e. The number of sulfonamides is 1. The first kappa shape index (κ1) is 23.4. The van der Waals surface area contributed by atoms with Gasteiger partial charge >= 0.3 is 6.18 Å². The number of hydrogen-bond donors (Lipinski definition) is 1. The summed E-state index contributed by atoms with van der Waals surface area (Å²) in [4.78, 5) is 12.9. The lowest BCUT2D eigenvalue weighted by atomic mass is 10.0. The summed E-state index contributed by atoms with van der Waals surface area (Å²) < 4.78 is 77.6. The van der Waals surface area contributed by atoms with Gasteiger partial charge in [0.2, 0.25) is 15.9 Å². The number of carbonyl (C=O) groups excluding carboxylic acids is 1. The second kappa shape index (κ2) is 8.86. The molecule has 2 unspecified atom stereocenters. The van der Waals surface area contributed by atoms with E-state index in [0.717, 1.165) is 16.4 Å². The number of alkyl halides is 3. The minimum absolute atomic E-state index is 0.0163. The van der Waals surface area contributed by atoms with E-state index in [9.17, 15) is 26.4 Å². The van der Waals surface area contributed by atoms with Gasteiger partial charge in [-0.25, -0.2) is 8.42 Å². The number of amides is 1. The molecule has 178 valence electrons. The van der Waals surface area contributed by atoms with Crippen LogP contribution in [0.2, 0.25) is 0 Å². The summed E-state index contributed by atoms with van der Waals surface area (Å²) in [6.07, 6.45) is -3.70. The number of halogens is 3. The molecule has 0 aliphatic carbocycles. The van der Waals surface area contributed by atoms with Crippen molar-refractivity contribution in [2.24, 2.45) is 0 Å². The minimum Gasteiger partial charge on any atom is -0.486 e. The molecule has 1 N–H and O–H groups in total. The van der Waals surface area contributed by atoms with Crippen LogP contribution in [0.1, 0.15) is 36.9 Å². The maximum absolute atomic E-state index is 13.3. The van der Waals surface area contributed by atoms with E-state index < -0.39 is 39.8 Å². The monoisotopic (exact) mass is 484 g/mol. The van der Waals surface area contributed by atoms with Crippen molar-refractivity contribution < 1.29 is 35.9 Å². The predicted molar refractivity (Wildman–Crippen MR) is 112 cm³/mol. The number of hydrogen-bond acceptors (Lipinski definition) is 5. The van der Waals surface area contributed by atoms with Crippen molar-refractivity contribution in [1.82, 2.24) is 9.62 Å². The molecular weight excluding hydrogens is 461 g/mol. The molecule has 2 aliphatic heterocycles. The Morgan fingerprint density at radius 2 is 1.85 bits per heavy atom. The number of rotatable bonds is 5. The summed E-state index contributed by atoms with van der Waals surface area (Å²) in [7, 11) is -4.00. The van der Waals surface area contributed by atoms with Crippen LogP contribution in [0.3, 0.4) is 0 Å². The van der Waals surface area contributed by atoms with Gasteiger partial charge in [-0.2, -0.15) is 17.5 Å². The fourth-order valence-electron chi connectivity index (χ4n) is 3.99. The van der Waals surface area contributed by atoms with Crippen LogP contribution in [0.4, 0.5) is 13.2 Å². The molecule has 0 saturated carbocycles. The third-order valence-electron chi connectivity index (χ3n) is 5.70. The fourth-order valence-corrected chi connectivity index (χ4v) is 5.66. The zero-order chi connectivity index (χ0) is 23.8. The standard InChI is InChI=1S/C22H23F3N2O5S/c1-14(15-4-2-5-16(12-15)22(23,24)25)26-21(28)18-6-3-9-27(18)33(29,30)17-7-8-19-20(13-17)32-11-10-31-19/h2,4-5,7-8,12-14,18H,3,6,9-11H2,1H3,(H,26,28). The molecule has 0 aromatic heterocycles. The number of nitrogens with zero attached hydrogens (tertiary/aromatic N) is 1. The van der Waals surface area contributed by atoms with Crippen LogP contribution in [-0.4, -0.2) is 44.4 Å². The maximum atomic E-state index is 13.3. The lowest BCUT2D eigenvalue weighted by molar-refractivity contribution is -0.137. The van der Waals surface area contributed by atoms with Gasteiger partial charge in [0.1, 0.15) is 19.3 Å². The Morgan fingerprint density at radius 1 is 1.12 bits per heavy atom. The number of ether oxygens (including phenoxy) is 2. The van der Waals surface area contributed by atoms with Crippen molar-refractivity contribution in [2.75, 3.05) is 19.8 Å². The Kier molecular flexibility index (Phi) is 6.28. The Hall–Kier alpha value is -2.79. The van der Waals surface area contributed by atoms with E-state index in [4.69, 9.17) is 9.47 Å². The van der Waals surface area contributed by atoms with Crippen LogP contribution >= 0.6 is 0 Å². The van der Waals surface area contributed by atoms with E-state index in [0.29, 0.717) is 37.6 Å². The van der Waals surface area contributed by atoms with Gasteiger partial charge in [-0.15, -0.1) is 0 Å². The van der Waals surface area contributed by atoms with Crippen LogP contribution < -0.4 is 14.8 Å². The van der Waals surface area contributed by atoms with E-state index in [1.165, 1.54) is 30.3 Å². The van der Waals surface area contributed by atoms with Crippen molar-refractivity contribution in [3.8, 4) is 11.5 Å². The van der Waals surface area contributed by atoms with Gasteiger partial charge in [-0.1, -0.05) is 12.1 Å². The normalized spacial score (nSPS) is 19.8. The molecule has 11 heteroatoms. The fraction of sp³-hybridized carbons (Fsp3) is 0.409. The van der Waals surface area contributed by atoms with Gasteiger partial charge in [0, 0.05) is 12.6 Å². The van der Waals surface area contributed by atoms with Crippen molar-refractivity contribution in [3.63, 3.8) is 0 Å². The molecule has 1 fully saturated rings. The first-order chi connectivity index (χ1) is 15.6. The molecule has 1 amide bonds. The van der Waals surface area contributed by atoms with E-state index in [2.05, 4.69) is 5.32 Å². The quantitative estimate of drug-likeness (QED) is 0.702. The van der Waals surface area contributed by atoms with Crippen LogP contribution in [0, 0.1) is 0 Å².